The topological polar surface area (TPSA) is 66.0 Å². The van der Waals surface area contributed by atoms with Gasteiger partial charge in [0, 0.05) is 17.4 Å². The Morgan fingerprint density at radius 2 is 1.69 bits per heavy atom. The Labute approximate surface area is 174 Å². The molecular weight excluding hydrogens is 369 g/mol. The van der Waals surface area contributed by atoms with Crippen molar-refractivity contribution in [3.8, 4) is 5.75 Å². The fourth-order valence-corrected chi connectivity index (χ4v) is 3.62. The van der Waals surface area contributed by atoms with Gasteiger partial charge < -0.3 is 24.1 Å². The van der Waals surface area contributed by atoms with E-state index >= 15 is 0 Å². The van der Waals surface area contributed by atoms with E-state index in [0.717, 1.165) is 11.0 Å². The molecule has 0 spiro atoms. The van der Waals surface area contributed by atoms with Crippen LogP contribution < -0.4 is 15.5 Å². The first-order chi connectivity index (χ1) is 13.1. The number of nitrogens with one attached hydrogen (secondary N) is 1. The fourth-order valence-electron chi connectivity index (χ4n) is 3.62. The summed E-state index contributed by atoms with van der Waals surface area (Å²) in [6.07, 6.45) is 0.193. The summed E-state index contributed by atoms with van der Waals surface area (Å²) in [6.45, 7) is 17.7. The SMILES string of the molecule is CC(C)(C)OC(=O)NC1CC(C)(C)Oc2c(B3OC(C)(C)C(C)(C)O3)cccc21. The summed E-state index contributed by atoms with van der Waals surface area (Å²) < 4.78 is 24.3. The van der Waals surface area contributed by atoms with Gasteiger partial charge in [0.15, 0.2) is 0 Å². The molecule has 7 heteroatoms. The summed E-state index contributed by atoms with van der Waals surface area (Å²) in [4.78, 5) is 12.4. The summed E-state index contributed by atoms with van der Waals surface area (Å²) in [6, 6.07) is 5.66. The first kappa shape index (κ1) is 22.0. The molecule has 0 aromatic heterocycles. The highest BCUT2D eigenvalue weighted by Crippen LogP contribution is 2.42. The van der Waals surface area contributed by atoms with Crippen molar-refractivity contribution >= 4 is 18.7 Å². The second kappa shape index (κ2) is 6.91. The molecule has 0 saturated carbocycles. The van der Waals surface area contributed by atoms with Gasteiger partial charge in [-0.15, -0.1) is 0 Å². The summed E-state index contributed by atoms with van der Waals surface area (Å²) in [5.41, 5.74) is -0.172. The van der Waals surface area contributed by atoms with Crippen molar-refractivity contribution in [1.29, 1.82) is 0 Å². The van der Waals surface area contributed by atoms with Crippen molar-refractivity contribution in [2.75, 3.05) is 0 Å². The summed E-state index contributed by atoms with van der Waals surface area (Å²) in [5.74, 6) is 0.711. The van der Waals surface area contributed by atoms with Crippen LogP contribution in [0.5, 0.6) is 5.75 Å². The number of carbonyl (C=O) groups is 1. The van der Waals surface area contributed by atoms with E-state index in [-0.39, 0.29) is 6.04 Å². The number of hydrogen-bond acceptors (Lipinski definition) is 5. The molecule has 1 saturated heterocycles. The van der Waals surface area contributed by atoms with Crippen molar-refractivity contribution in [2.24, 2.45) is 0 Å². The molecular formula is C22H34BNO5. The van der Waals surface area contributed by atoms with Gasteiger partial charge in [0.2, 0.25) is 0 Å². The zero-order valence-electron chi connectivity index (χ0n) is 19.1. The van der Waals surface area contributed by atoms with Gasteiger partial charge in [0.25, 0.3) is 0 Å². The largest absolute Gasteiger partial charge is 0.498 e. The van der Waals surface area contributed by atoms with Gasteiger partial charge in [-0.1, -0.05) is 18.2 Å². The lowest BCUT2D eigenvalue weighted by Gasteiger charge is -2.39. The van der Waals surface area contributed by atoms with E-state index in [9.17, 15) is 4.79 Å². The molecule has 2 heterocycles. The normalized spacial score (nSPS) is 24.4. The molecule has 0 aliphatic carbocycles. The molecule has 1 amide bonds. The Balaban J connectivity index is 1.94. The monoisotopic (exact) mass is 403 g/mol. The van der Waals surface area contributed by atoms with Gasteiger partial charge in [-0.3, -0.25) is 0 Å². The van der Waals surface area contributed by atoms with E-state index in [4.69, 9.17) is 18.8 Å². The first-order valence-corrected chi connectivity index (χ1v) is 10.3. The Morgan fingerprint density at radius 1 is 1.10 bits per heavy atom. The molecule has 2 aliphatic heterocycles. The van der Waals surface area contributed by atoms with Crippen LogP contribution in [-0.2, 0) is 14.0 Å². The van der Waals surface area contributed by atoms with Crippen LogP contribution in [0.1, 0.15) is 80.3 Å². The predicted molar refractivity (Wildman–Crippen MR) is 114 cm³/mol. The van der Waals surface area contributed by atoms with Crippen molar-refractivity contribution in [3.05, 3.63) is 23.8 Å². The molecule has 0 radical (unpaired) electrons. The molecule has 29 heavy (non-hydrogen) atoms. The number of fused-ring (bicyclic) bond motifs is 1. The molecule has 1 aromatic rings. The minimum atomic E-state index is -0.557. The molecule has 160 valence electrons. The molecule has 1 fully saturated rings. The number of ether oxygens (including phenoxy) is 2. The third-order valence-corrected chi connectivity index (χ3v) is 5.72. The van der Waals surface area contributed by atoms with Crippen LogP contribution in [-0.4, -0.2) is 35.6 Å². The van der Waals surface area contributed by atoms with Crippen LogP contribution in [0, 0.1) is 0 Å². The molecule has 1 aromatic carbocycles. The molecule has 1 unspecified atom stereocenters. The highest BCUT2D eigenvalue weighted by molar-refractivity contribution is 6.63. The molecule has 0 bridgehead atoms. The number of alkyl carbamates (subject to hydrolysis) is 1. The van der Waals surface area contributed by atoms with Crippen molar-refractivity contribution in [1.82, 2.24) is 5.32 Å². The van der Waals surface area contributed by atoms with Crippen molar-refractivity contribution in [3.63, 3.8) is 0 Å². The maximum Gasteiger partial charge on any atom is 0.498 e. The van der Waals surface area contributed by atoms with Crippen molar-refractivity contribution in [2.45, 2.75) is 97.2 Å². The summed E-state index contributed by atoms with van der Waals surface area (Å²) in [7, 11) is -0.536. The van der Waals surface area contributed by atoms with Gasteiger partial charge in [0.1, 0.15) is 17.0 Å². The quantitative estimate of drug-likeness (QED) is 0.753. The van der Waals surface area contributed by atoms with Gasteiger partial charge in [0.05, 0.1) is 17.2 Å². The van der Waals surface area contributed by atoms with Crippen LogP contribution in [0.15, 0.2) is 18.2 Å². The van der Waals surface area contributed by atoms with Crippen LogP contribution in [0.3, 0.4) is 0 Å². The number of amides is 1. The first-order valence-electron chi connectivity index (χ1n) is 10.3. The molecule has 1 atom stereocenters. The predicted octanol–water partition coefficient (Wildman–Crippen LogP) is 4.11. The van der Waals surface area contributed by atoms with Gasteiger partial charge in [-0.2, -0.15) is 0 Å². The summed E-state index contributed by atoms with van der Waals surface area (Å²) in [5, 5.41) is 3.01. The maximum absolute atomic E-state index is 12.4. The standard InChI is InChI=1S/C22H34BNO5/c1-19(2,3)27-18(25)24-16-13-20(4,5)26-17-14(16)11-10-12-15(17)23-28-21(6,7)22(8,9)29-23/h10-12,16H,13H2,1-9H3,(H,24,25). The van der Waals surface area contributed by atoms with E-state index in [2.05, 4.69) is 5.32 Å². The minimum Gasteiger partial charge on any atom is -0.488 e. The van der Waals surface area contributed by atoms with Crippen LogP contribution in [0.25, 0.3) is 0 Å². The number of para-hydroxylation sites is 1. The van der Waals surface area contributed by atoms with Crippen molar-refractivity contribution < 1.29 is 23.6 Å². The zero-order chi connectivity index (χ0) is 21.8. The van der Waals surface area contributed by atoms with Gasteiger partial charge in [-0.05, 0) is 62.3 Å². The van der Waals surface area contributed by atoms with E-state index in [1.807, 2.05) is 80.5 Å². The second-order valence-electron chi connectivity index (χ2n) is 10.6. The number of benzene rings is 1. The van der Waals surface area contributed by atoms with Gasteiger partial charge in [-0.25, -0.2) is 4.79 Å². The molecule has 2 aliphatic rings. The number of carbonyl (C=O) groups excluding carboxylic acids is 1. The van der Waals surface area contributed by atoms with Crippen LogP contribution in [0.4, 0.5) is 4.79 Å². The molecule has 1 N–H and O–H groups in total. The summed E-state index contributed by atoms with van der Waals surface area (Å²) >= 11 is 0. The average Bonchev–Trinajstić information content (AvgIpc) is 2.71. The average molecular weight is 403 g/mol. The Bertz CT molecular complexity index is 781. The second-order valence-corrected chi connectivity index (χ2v) is 10.6. The molecule has 3 rings (SSSR count). The number of hydrogen-bond donors (Lipinski definition) is 1. The Hall–Kier alpha value is -1.73. The Kier molecular flexibility index (Phi) is 5.24. The lowest BCUT2D eigenvalue weighted by atomic mass is 9.75. The van der Waals surface area contributed by atoms with Crippen LogP contribution >= 0.6 is 0 Å². The fraction of sp³-hybridized carbons (Fsp3) is 0.682. The lowest BCUT2D eigenvalue weighted by molar-refractivity contribution is 0.00578. The highest BCUT2D eigenvalue weighted by Gasteiger charge is 2.53. The van der Waals surface area contributed by atoms with Crippen LogP contribution in [0.2, 0.25) is 0 Å². The smallest absolute Gasteiger partial charge is 0.488 e. The highest BCUT2D eigenvalue weighted by atomic mass is 16.7. The van der Waals surface area contributed by atoms with Gasteiger partial charge >= 0.3 is 13.2 Å². The van der Waals surface area contributed by atoms with E-state index in [1.165, 1.54) is 0 Å². The Morgan fingerprint density at radius 3 is 2.24 bits per heavy atom. The molecule has 6 nitrogen and oxygen atoms in total. The van der Waals surface area contributed by atoms with E-state index in [0.29, 0.717) is 12.2 Å². The maximum atomic E-state index is 12.4. The minimum absolute atomic E-state index is 0.231. The van der Waals surface area contributed by atoms with E-state index < -0.39 is 35.6 Å². The van der Waals surface area contributed by atoms with E-state index in [1.54, 1.807) is 0 Å². The lowest BCUT2D eigenvalue weighted by Crippen LogP contribution is -2.46. The third-order valence-electron chi connectivity index (χ3n) is 5.72. The number of rotatable bonds is 2. The third kappa shape index (κ3) is 4.56. The zero-order valence-corrected chi connectivity index (χ0v) is 19.1.